The second-order valence-corrected chi connectivity index (χ2v) is 6.30. The van der Waals surface area contributed by atoms with E-state index in [0.29, 0.717) is 18.7 Å². The number of ether oxygens (including phenoxy) is 1. The number of nitrogen functional groups attached to an aromatic ring is 1. The Morgan fingerprint density at radius 3 is 2.62 bits per heavy atom. The molecule has 2 unspecified atom stereocenters. The van der Waals surface area contributed by atoms with Gasteiger partial charge in [-0.2, -0.15) is 0 Å². The summed E-state index contributed by atoms with van der Waals surface area (Å²) in [5, 5.41) is 13.3. The molecule has 0 radical (unpaired) electrons. The van der Waals surface area contributed by atoms with Crippen molar-refractivity contribution in [1.29, 1.82) is 0 Å². The minimum Gasteiger partial charge on any atom is -0.399 e. The molecule has 116 valence electrons. The molecular weight excluding hydrogens is 268 g/mol. The lowest BCUT2D eigenvalue weighted by atomic mass is 9.83. The molecule has 5 nitrogen and oxygen atoms in total. The number of carbonyl (C=O) groups is 1. The summed E-state index contributed by atoms with van der Waals surface area (Å²) >= 11 is 0. The maximum atomic E-state index is 12.5. The number of hydrogen-bond acceptors (Lipinski definition) is 4. The van der Waals surface area contributed by atoms with Crippen molar-refractivity contribution in [2.75, 3.05) is 18.9 Å². The van der Waals surface area contributed by atoms with Crippen LogP contribution in [0.3, 0.4) is 0 Å². The van der Waals surface area contributed by atoms with E-state index in [2.05, 4.69) is 5.32 Å². The zero-order valence-electron chi connectivity index (χ0n) is 12.8. The van der Waals surface area contributed by atoms with E-state index in [1.54, 1.807) is 12.1 Å². The predicted molar refractivity (Wildman–Crippen MR) is 81.9 cm³/mol. The van der Waals surface area contributed by atoms with Crippen molar-refractivity contribution in [2.45, 2.75) is 44.3 Å². The van der Waals surface area contributed by atoms with Crippen LogP contribution in [0, 0.1) is 0 Å². The smallest absolute Gasteiger partial charge is 0.230 e. The third-order valence-electron chi connectivity index (χ3n) is 4.41. The number of carbonyl (C=O) groups excluding carboxylic acids is 1. The van der Waals surface area contributed by atoms with Gasteiger partial charge in [-0.05, 0) is 38.5 Å². The monoisotopic (exact) mass is 292 g/mol. The molecule has 2 rings (SSSR count). The first-order valence-corrected chi connectivity index (χ1v) is 7.24. The topological polar surface area (TPSA) is 84.6 Å². The van der Waals surface area contributed by atoms with Crippen LogP contribution in [0.5, 0.6) is 0 Å². The normalized spacial score (nSPS) is 25.8. The zero-order valence-corrected chi connectivity index (χ0v) is 12.8. The highest BCUT2D eigenvalue weighted by atomic mass is 16.5. The van der Waals surface area contributed by atoms with Crippen molar-refractivity contribution in [2.24, 2.45) is 0 Å². The third kappa shape index (κ3) is 3.19. The van der Waals surface area contributed by atoms with E-state index < -0.39 is 11.0 Å². The molecule has 1 aromatic rings. The van der Waals surface area contributed by atoms with E-state index in [1.807, 2.05) is 32.9 Å². The number of benzene rings is 1. The summed E-state index contributed by atoms with van der Waals surface area (Å²) in [6.45, 7) is 6.25. The van der Waals surface area contributed by atoms with Crippen LogP contribution in [0.4, 0.5) is 5.69 Å². The average Bonchev–Trinajstić information content (AvgIpc) is 2.77. The number of hydrogen-bond donors (Lipinski definition) is 3. The highest BCUT2D eigenvalue weighted by Crippen LogP contribution is 2.27. The number of amides is 1. The third-order valence-corrected chi connectivity index (χ3v) is 4.41. The van der Waals surface area contributed by atoms with Crippen molar-refractivity contribution in [3.8, 4) is 0 Å². The van der Waals surface area contributed by atoms with Gasteiger partial charge in [-0.3, -0.25) is 4.79 Å². The van der Waals surface area contributed by atoms with Crippen LogP contribution in [0.25, 0.3) is 0 Å². The highest BCUT2D eigenvalue weighted by Gasteiger charge is 2.41. The van der Waals surface area contributed by atoms with Gasteiger partial charge in [0, 0.05) is 25.3 Å². The first-order valence-electron chi connectivity index (χ1n) is 7.24. The number of anilines is 1. The van der Waals surface area contributed by atoms with Crippen LogP contribution in [0.15, 0.2) is 24.3 Å². The van der Waals surface area contributed by atoms with Gasteiger partial charge in [-0.25, -0.2) is 0 Å². The molecule has 0 bridgehead atoms. The molecule has 1 aromatic carbocycles. The summed E-state index contributed by atoms with van der Waals surface area (Å²) in [4.78, 5) is 12.5. The molecule has 0 spiro atoms. The Bertz CT molecular complexity index is 513. The van der Waals surface area contributed by atoms with Gasteiger partial charge in [-0.1, -0.05) is 12.1 Å². The lowest BCUT2D eigenvalue weighted by Crippen LogP contribution is -2.51. The van der Waals surface area contributed by atoms with Gasteiger partial charge in [0.25, 0.3) is 0 Å². The Morgan fingerprint density at radius 1 is 1.48 bits per heavy atom. The standard InChI is InChI=1S/C16H24N2O3/c1-11-16(20,8-9-21-11)10-18-14(19)15(2,3)12-4-6-13(17)7-5-12/h4-7,11,20H,8-10,17H2,1-3H3,(H,18,19). The number of aliphatic hydroxyl groups is 1. The van der Waals surface area contributed by atoms with Gasteiger partial charge in [-0.15, -0.1) is 0 Å². The maximum Gasteiger partial charge on any atom is 0.230 e. The van der Waals surface area contributed by atoms with Crippen LogP contribution in [0.2, 0.25) is 0 Å². The van der Waals surface area contributed by atoms with E-state index >= 15 is 0 Å². The fourth-order valence-corrected chi connectivity index (χ4v) is 2.49. The first-order chi connectivity index (χ1) is 9.75. The molecule has 0 aromatic heterocycles. The molecule has 0 saturated carbocycles. The summed E-state index contributed by atoms with van der Waals surface area (Å²) in [7, 11) is 0. The Labute approximate surface area is 125 Å². The average molecular weight is 292 g/mol. The number of nitrogens with one attached hydrogen (secondary N) is 1. The largest absolute Gasteiger partial charge is 0.399 e. The summed E-state index contributed by atoms with van der Waals surface area (Å²) in [6, 6.07) is 7.27. The molecule has 1 amide bonds. The number of rotatable bonds is 4. The summed E-state index contributed by atoms with van der Waals surface area (Å²) < 4.78 is 5.37. The van der Waals surface area contributed by atoms with Gasteiger partial charge in [0.2, 0.25) is 5.91 Å². The Morgan fingerprint density at radius 2 is 2.10 bits per heavy atom. The van der Waals surface area contributed by atoms with Gasteiger partial charge < -0.3 is 20.9 Å². The fourth-order valence-electron chi connectivity index (χ4n) is 2.49. The van der Waals surface area contributed by atoms with Gasteiger partial charge in [0.15, 0.2) is 0 Å². The van der Waals surface area contributed by atoms with E-state index in [-0.39, 0.29) is 18.6 Å². The molecule has 1 aliphatic rings. The van der Waals surface area contributed by atoms with Crippen LogP contribution < -0.4 is 11.1 Å². The first kappa shape index (κ1) is 15.8. The van der Waals surface area contributed by atoms with E-state index in [1.165, 1.54) is 0 Å². The molecule has 1 fully saturated rings. The fraction of sp³-hybridized carbons (Fsp3) is 0.562. The second-order valence-electron chi connectivity index (χ2n) is 6.30. The molecule has 4 N–H and O–H groups in total. The molecule has 21 heavy (non-hydrogen) atoms. The predicted octanol–water partition coefficient (Wildman–Crippen LogP) is 1.20. The lowest BCUT2D eigenvalue weighted by molar-refractivity contribution is -0.127. The Hall–Kier alpha value is -1.59. The Balaban J connectivity index is 2.03. The van der Waals surface area contributed by atoms with Crippen LogP contribution in [-0.2, 0) is 14.9 Å². The molecule has 1 saturated heterocycles. The van der Waals surface area contributed by atoms with Crippen LogP contribution in [-0.4, -0.2) is 35.9 Å². The van der Waals surface area contributed by atoms with Gasteiger partial charge in [0.1, 0.15) is 5.60 Å². The van der Waals surface area contributed by atoms with Crippen molar-refractivity contribution >= 4 is 11.6 Å². The van der Waals surface area contributed by atoms with Crippen molar-refractivity contribution < 1.29 is 14.6 Å². The van der Waals surface area contributed by atoms with Crippen LogP contribution >= 0.6 is 0 Å². The van der Waals surface area contributed by atoms with Crippen LogP contribution in [0.1, 0.15) is 32.8 Å². The molecule has 1 aliphatic heterocycles. The molecule has 0 aliphatic carbocycles. The van der Waals surface area contributed by atoms with E-state index in [4.69, 9.17) is 10.5 Å². The Kier molecular flexibility index (Phi) is 4.25. The summed E-state index contributed by atoms with van der Waals surface area (Å²) in [5.41, 5.74) is 5.56. The van der Waals surface area contributed by atoms with Crippen molar-refractivity contribution in [3.05, 3.63) is 29.8 Å². The molecule has 1 heterocycles. The van der Waals surface area contributed by atoms with Gasteiger partial charge in [0.05, 0.1) is 11.5 Å². The quantitative estimate of drug-likeness (QED) is 0.728. The number of nitrogens with two attached hydrogens (primary N) is 1. The zero-order chi connectivity index (χ0) is 15.7. The SMILES string of the molecule is CC1OCCC1(O)CNC(=O)C(C)(C)c1ccc(N)cc1. The molecular formula is C16H24N2O3. The molecule has 2 atom stereocenters. The highest BCUT2D eigenvalue weighted by molar-refractivity contribution is 5.87. The van der Waals surface area contributed by atoms with E-state index in [9.17, 15) is 9.90 Å². The van der Waals surface area contributed by atoms with E-state index in [0.717, 1.165) is 5.56 Å². The van der Waals surface area contributed by atoms with Crippen molar-refractivity contribution in [1.82, 2.24) is 5.32 Å². The minimum absolute atomic E-state index is 0.125. The lowest BCUT2D eigenvalue weighted by Gasteiger charge is -2.30. The van der Waals surface area contributed by atoms with Crippen molar-refractivity contribution in [3.63, 3.8) is 0 Å². The second kappa shape index (κ2) is 5.66. The summed E-state index contributed by atoms with van der Waals surface area (Å²) in [5.74, 6) is -0.125. The maximum absolute atomic E-state index is 12.5. The molecule has 5 heteroatoms. The van der Waals surface area contributed by atoms with Gasteiger partial charge >= 0.3 is 0 Å². The minimum atomic E-state index is -0.979. The summed E-state index contributed by atoms with van der Waals surface area (Å²) in [6.07, 6.45) is 0.272.